The second-order valence-corrected chi connectivity index (χ2v) is 6.83. The van der Waals surface area contributed by atoms with Gasteiger partial charge in [0, 0.05) is 12.7 Å². The molecular weight excluding hydrogens is 298 g/mol. The molecule has 6 heteroatoms. The quantitative estimate of drug-likeness (QED) is 0.946. The van der Waals surface area contributed by atoms with Gasteiger partial charge in [-0.1, -0.05) is 11.6 Å². The molecule has 2 aromatic heterocycles. The molecule has 0 saturated carbocycles. The van der Waals surface area contributed by atoms with Gasteiger partial charge < -0.3 is 9.55 Å². The number of imidazole rings is 2. The third-order valence-electron chi connectivity index (χ3n) is 5.02. The van der Waals surface area contributed by atoms with Gasteiger partial charge in [0.15, 0.2) is 0 Å². The lowest BCUT2D eigenvalue weighted by molar-refractivity contribution is 0.232. The zero-order valence-corrected chi connectivity index (χ0v) is 13.7. The fourth-order valence-electron chi connectivity index (χ4n) is 3.71. The SMILES string of the molecule is Cn1c(Cl)cnc1CN1CCCC1c1nc2c([nH]1)CCCC2. The van der Waals surface area contributed by atoms with Crippen molar-refractivity contribution in [1.29, 1.82) is 0 Å². The molecule has 5 nitrogen and oxygen atoms in total. The monoisotopic (exact) mass is 319 g/mol. The predicted octanol–water partition coefficient (Wildman–Crippen LogP) is 3.01. The summed E-state index contributed by atoms with van der Waals surface area (Å²) in [4.78, 5) is 15.4. The van der Waals surface area contributed by atoms with E-state index < -0.39 is 0 Å². The van der Waals surface area contributed by atoms with Crippen LogP contribution in [0.5, 0.6) is 0 Å². The largest absolute Gasteiger partial charge is 0.344 e. The molecular formula is C16H22ClN5. The smallest absolute Gasteiger partial charge is 0.128 e. The van der Waals surface area contributed by atoms with E-state index >= 15 is 0 Å². The highest BCUT2D eigenvalue weighted by Gasteiger charge is 2.30. The van der Waals surface area contributed by atoms with Gasteiger partial charge >= 0.3 is 0 Å². The van der Waals surface area contributed by atoms with Crippen LogP contribution in [0, 0.1) is 0 Å². The topological polar surface area (TPSA) is 49.7 Å². The molecule has 1 aliphatic heterocycles. The molecule has 118 valence electrons. The van der Waals surface area contributed by atoms with Crippen molar-refractivity contribution >= 4 is 11.6 Å². The lowest BCUT2D eigenvalue weighted by Gasteiger charge is -2.22. The van der Waals surface area contributed by atoms with E-state index in [1.54, 1.807) is 6.20 Å². The standard InChI is InChI=1S/C16H22ClN5/c1-21-14(17)9-18-15(21)10-22-8-4-7-13(22)16-19-11-5-2-3-6-12(11)20-16/h9,13H,2-8,10H2,1H3,(H,19,20). The molecule has 1 aliphatic carbocycles. The Morgan fingerprint density at radius 1 is 1.32 bits per heavy atom. The summed E-state index contributed by atoms with van der Waals surface area (Å²) in [5.41, 5.74) is 2.67. The number of hydrogen-bond acceptors (Lipinski definition) is 3. The molecule has 1 saturated heterocycles. The number of nitrogens with zero attached hydrogens (tertiary/aromatic N) is 4. The zero-order chi connectivity index (χ0) is 15.1. The van der Waals surface area contributed by atoms with Crippen molar-refractivity contribution in [2.75, 3.05) is 6.54 Å². The Morgan fingerprint density at radius 3 is 2.95 bits per heavy atom. The molecule has 0 spiro atoms. The maximum Gasteiger partial charge on any atom is 0.128 e. The van der Waals surface area contributed by atoms with Crippen LogP contribution in [-0.2, 0) is 26.4 Å². The lowest BCUT2D eigenvalue weighted by Crippen LogP contribution is -2.25. The molecule has 0 amide bonds. The maximum atomic E-state index is 6.10. The Hall–Kier alpha value is -1.33. The minimum atomic E-state index is 0.390. The Bertz CT molecular complexity index is 651. The average molecular weight is 320 g/mol. The van der Waals surface area contributed by atoms with Crippen LogP contribution in [0.15, 0.2) is 6.20 Å². The number of hydrogen-bond donors (Lipinski definition) is 1. The Kier molecular flexibility index (Phi) is 3.70. The van der Waals surface area contributed by atoms with Gasteiger partial charge in [0.1, 0.15) is 16.8 Å². The molecule has 0 bridgehead atoms. The van der Waals surface area contributed by atoms with E-state index in [9.17, 15) is 0 Å². The maximum absolute atomic E-state index is 6.10. The third-order valence-corrected chi connectivity index (χ3v) is 5.38. The molecule has 22 heavy (non-hydrogen) atoms. The molecule has 1 N–H and O–H groups in total. The van der Waals surface area contributed by atoms with E-state index in [1.165, 1.54) is 37.1 Å². The third kappa shape index (κ3) is 2.46. The van der Waals surface area contributed by atoms with Gasteiger partial charge in [0.05, 0.1) is 24.5 Å². The first-order chi connectivity index (χ1) is 10.7. The van der Waals surface area contributed by atoms with Crippen molar-refractivity contribution < 1.29 is 0 Å². The lowest BCUT2D eigenvalue weighted by atomic mass is 10.0. The second kappa shape index (κ2) is 5.70. The fourth-order valence-corrected chi connectivity index (χ4v) is 3.86. The molecule has 1 atom stereocenters. The van der Waals surface area contributed by atoms with Gasteiger partial charge in [0.25, 0.3) is 0 Å². The highest BCUT2D eigenvalue weighted by atomic mass is 35.5. The molecule has 2 aromatic rings. The first-order valence-electron chi connectivity index (χ1n) is 8.20. The minimum absolute atomic E-state index is 0.390. The van der Waals surface area contributed by atoms with E-state index in [4.69, 9.17) is 16.6 Å². The van der Waals surface area contributed by atoms with Crippen LogP contribution in [0.2, 0.25) is 5.15 Å². The normalized spacial score (nSPS) is 22.2. The first-order valence-corrected chi connectivity index (χ1v) is 8.58. The molecule has 3 heterocycles. The number of halogens is 1. The van der Waals surface area contributed by atoms with Crippen molar-refractivity contribution in [3.05, 3.63) is 34.4 Å². The van der Waals surface area contributed by atoms with Crippen LogP contribution >= 0.6 is 11.6 Å². The van der Waals surface area contributed by atoms with E-state index in [0.717, 1.165) is 37.6 Å². The van der Waals surface area contributed by atoms with Crippen molar-refractivity contribution in [2.24, 2.45) is 7.05 Å². The molecule has 1 unspecified atom stereocenters. The highest BCUT2D eigenvalue weighted by molar-refractivity contribution is 6.29. The number of rotatable bonds is 3. The number of aromatic nitrogens is 4. The predicted molar refractivity (Wildman–Crippen MR) is 85.8 cm³/mol. The van der Waals surface area contributed by atoms with E-state index in [2.05, 4.69) is 14.9 Å². The van der Waals surface area contributed by atoms with Gasteiger partial charge in [-0.15, -0.1) is 0 Å². The van der Waals surface area contributed by atoms with Crippen molar-refractivity contribution in [2.45, 2.75) is 51.1 Å². The Labute approximate surface area is 135 Å². The molecule has 2 aliphatic rings. The summed E-state index contributed by atoms with van der Waals surface area (Å²) in [5.74, 6) is 2.18. The second-order valence-electron chi connectivity index (χ2n) is 6.44. The van der Waals surface area contributed by atoms with Crippen molar-refractivity contribution in [1.82, 2.24) is 24.4 Å². The number of fused-ring (bicyclic) bond motifs is 1. The van der Waals surface area contributed by atoms with Crippen LogP contribution in [0.1, 0.15) is 54.8 Å². The van der Waals surface area contributed by atoms with Crippen LogP contribution < -0.4 is 0 Å². The Balaban J connectivity index is 1.55. The summed E-state index contributed by atoms with van der Waals surface area (Å²) >= 11 is 6.10. The number of H-pyrrole nitrogens is 1. The molecule has 1 fully saturated rings. The average Bonchev–Trinajstić information content (AvgIpc) is 3.22. The number of nitrogens with one attached hydrogen (secondary N) is 1. The molecule has 0 radical (unpaired) electrons. The number of aromatic amines is 1. The van der Waals surface area contributed by atoms with Crippen LogP contribution in [0.3, 0.4) is 0 Å². The van der Waals surface area contributed by atoms with Crippen LogP contribution in [0.4, 0.5) is 0 Å². The van der Waals surface area contributed by atoms with Gasteiger partial charge in [0.2, 0.25) is 0 Å². The summed E-state index contributed by atoms with van der Waals surface area (Å²) in [5, 5.41) is 0.694. The summed E-state index contributed by atoms with van der Waals surface area (Å²) in [7, 11) is 1.97. The number of aryl methyl sites for hydroxylation is 2. The summed E-state index contributed by atoms with van der Waals surface area (Å²) in [6, 6.07) is 0.390. The molecule has 0 aromatic carbocycles. The van der Waals surface area contributed by atoms with Gasteiger partial charge in [-0.05, 0) is 45.1 Å². The zero-order valence-electron chi connectivity index (χ0n) is 13.0. The van der Waals surface area contributed by atoms with Gasteiger partial charge in [-0.25, -0.2) is 9.97 Å². The summed E-state index contributed by atoms with van der Waals surface area (Å²) in [6.45, 7) is 1.93. The van der Waals surface area contributed by atoms with E-state index in [1.807, 2.05) is 11.6 Å². The Morgan fingerprint density at radius 2 is 2.18 bits per heavy atom. The van der Waals surface area contributed by atoms with Crippen molar-refractivity contribution in [3.63, 3.8) is 0 Å². The fraction of sp³-hybridized carbons (Fsp3) is 0.625. The highest BCUT2D eigenvalue weighted by Crippen LogP contribution is 2.33. The van der Waals surface area contributed by atoms with Gasteiger partial charge in [-0.3, -0.25) is 4.90 Å². The molecule has 4 rings (SSSR count). The first kappa shape index (κ1) is 14.3. The summed E-state index contributed by atoms with van der Waals surface area (Å²) in [6.07, 6.45) is 8.97. The van der Waals surface area contributed by atoms with Crippen molar-refractivity contribution in [3.8, 4) is 0 Å². The van der Waals surface area contributed by atoms with Crippen LogP contribution in [0.25, 0.3) is 0 Å². The number of likely N-dealkylation sites (tertiary alicyclic amines) is 1. The minimum Gasteiger partial charge on any atom is -0.344 e. The summed E-state index contributed by atoms with van der Waals surface area (Å²) < 4.78 is 1.96. The van der Waals surface area contributed by atoms with Gasteiger partial charge in [-0.2, -0.15) is 0 Å². The van der Waals surface area contributed by atoms with E-state index in [-0.39, 0.29) is 0 Å². The van der Waals surface area contributed by atoms with E-state index in [0.29, 0.717) is 11.2 Å². The van der Waals surface area contributed by atoms with Crippen LogP contribution in [-0.4, -0.2) is 31.0 Å².